The van der Waals surface area contributed by atoms with Gasteiger partial charge in [0.25, 0.3) is 5.91 Å². The zero-order valence-electron chi connectivity index (χ0n) is 13.2. The summed E-state index contributed by atoms with van der Waals surface area (Å²) < 4.78 is 5.41. The molecule has 2 aromatic rings. The molecule has 0 saturated heterocycles. The molecule has 0 saturated carbocycles. The molecule has 3 heterocycles. The van der Waals surface area contributed by atoms with E-state index in [1.165, 1.54) is 0 Å². The molecule has 1 unspecified atom stereocenters. The number of aromatic nitrogens is 2. The highest BCUT2D eigenvalue weighted by molar-refractivity contribution is 6.07. The number of rotatable bonds is 1. The largest absolute Gasteiger partial charge is 0.443 e. The van der Waals surface area contributed by atoms with Crippen molar-refractivity contribution < 1.29 is 14.3 Å². The molecule has 118 valence electrons. The first-order valence-corrected chi connectivity index (χ1v) is 7.29. The maximum atomic E-state index is 12.7. The third-order valence-electron chi connectivity index (χ3n) is 3.47. The lowest BCUT2D eigenvalue weighted by molar-refractivity contribution is 0.0215. The molecule has 1 atom stereocenters. The average Bonchev–Trinajstić information content (AvgIpc) is 2.80. The van der Waals surface area contributed by atoms with Crippen LogP contribution in [0.1, 0.15) is 48.3 Å². The summed E-state index contributed by atoms with van der Waals surface area (Å²) in [7, 11) is 0. The van der Waals surface area contributed by atoms with E-state index in [1.807, 2.05) is 0 Å². The summed E-state index contributed by atoms with van der Waals surface area (Å²) in [5.41, 5.74) is 1.25. The average molecular weight is 311 g/mol. The summed E-state index contributed by atoms with van der Waals surface area (Å²) >= 11 is 0. The number of pyridine rings is 2. The predicted molar refractivity (Wildman–Crippen MR) is 82.7 cm³/mol. The van der Waals surface area contributed by atoms with E-state index >= 15 is 0 Å². The minimum absolute atomic E-state index is 0.376. The Morgan fingerprint density at radius 3 is 2.43 bits per heavy atom. The van der Waals surface area contributed by atoms with Gasteiger partial charge in [-0.25, -0.2) is 9.69 Å². The standard InChI is InChI=1S/C17H17N3O3/c1-17(2,3)23-16(22)20-14(11-4-7-18-8-5-11)13-10-19-9-6-12(13)15(20)21/h4-10,14H,1-3H3. The Bertz CT molecular complexity index is 753. The molecule has 0 spiro atoms. The molecule has 6 heteroatoms. The Hall–Kier alpha value is -2.76. The van der Waals surface area contributed by atoms with Crippen LogP contribution in [0.15, 0.2) is 43.0 Å². The van der Waals surface area contributed by atoms with Gasteiger partial charge in [-0.3, -0.25) is 14.8 Å². The van der Waals surface area contributed by atoms with Crippen molar-refractivity contribution in [1.29, 1.82) is 0 Å². The first-order valence-electron chi connectivity index (χ1n) is 7.29. The summed E-state index contributed by atoms with van der Waals surface area (Å²) in [6.07, 6.45) is 5.74. The molecule has 6 nitrogen and oxygen atoms in total. The molecule has 0 bridgehead atoms. The number of imide groups is 1. The van der Waals surface area contributed by atoms with E-state index in [4.69, 9.17) is 4.74 Å². The molecule has 3 rings (SSSR count). The second kappa shape index (κ2) is 5.46. The van der Waals surface area contributed by atoms with Crippen LogP contribution in [-0.2, 0) is 4.74 Å². The number of amides is 2. The highest BCUT2D eigenvalue weighted by Gasteiger charge is 2.43. The summed E-state index contributed by atoms with van der Waals surface area (Å²) in [5, 5.41) is 0. The number of fused-ring (bicyclic) bond motifs is 1. The molecule has 0 aromatic carbocycles. The Morgan fingerprint density at radius 1 is 1.13 bits per heavy atom. The van der Waals surface area contributed by atoms with Gasteiger partial charge in [-0.15, -0.1) is 0 Å². The van der Waals surface area contributed by atoms with Crippen LogP contribution in [0.5, 0.6) is 0 Å². The highest BCUT2D eigenvalue weighted by Crippen LogP contribution is 2.38. The molecule has 0 aliphatic carbocycles. The van der Waals surface area contributed by atoms with Crippen LogP contribution in [-0.4, -0.2) is 32.5 Å². The Kier molecular flexibility index (Phi) is 3.60. The topological polar surface area (TPSA) is 72.4 Å². The van der Waals surface area contributed by atoms with Gasteiger partial charge in [0.1, 0.15) is 5.60 Å². The van der Waals surface area contributed by atoms with Crippen LogP contribution >= 0.6 is 0 Å². The first kappa shape index (κ1) is 15.1. The van der Waals surface area contributed by atoms with E-state index in [1.54, 1.807) is 63.8 Å². The fourth-order valence-corrected chi connectivity index (χ4v) is 2.58. The second-order valence-electron chi connectivity index (χ2n) is 6.30. The Morgan fingerprint density at radius 2 is 1.78 bits per heavy atom. The van der Waals surface area contributed by atoms with Gasteiger partial charge >= 0.3 is 6.09 Å². The molecule has 2 amide bonds. The first-order chi connectivity index (χ1) is 10.9. The normalized spacial score (nSPS) is 17.1. The number of ether oxygens (including phenoxy) is 1. The van der Waals surface area contributed by atoms with Crippen molar-refractivity contribution in [3.05, 3.63) is 59.7 Å². The maximum Gasteiger partial charge on any atom is 0.418 e. The predicted octanol–water partition coefficient (Wildman–Crippen LogP) is 2.96. The molecular formula is C17H17N3O3. The number of carbonyl (C=O) groups is 2. The molecule has 23 heavy (non-hydrogen) atoms. The molecule has 1 aliphatic heterocycles. The lowest BCUT2D eigenvalue weighted by Gasteiger charge is -2.27. The van der Waals surface area contributed by atoms with Crippen molar-refractivity contribution in [3.63, 3.8) is 0 Å². The van der Waals surface area contributed by atoms with Crippen LogP contribution in [0.3, 0.4) is 0 Å². The number of hydrogen-bond acceptors (Lipinski definition) is 5. The lowest BCUT2D eigenvalue weighted by atomic mass is 10.0. The van der Waals surface area contributed by atoms with Crippen LogP contribution in [0, 0.1) is 0 Å². The van der Waals surface area contributed by atoms with E-state index < -0.39 is 17.7 Å². The van der Waals surface area contributed by atoms with Crippen LogP contribution < -0.4 is 0 Å². The maximum absolute atomic E-state index is 12.7. The van der Waals surface area contributed by atoms with E-state index in [-0.39, 0.29) is 5.91 Å². The summed E-state index contributed by atoms with van der Waals surface area (Å²) in [6, 6.07) is 4.62. The quantitative estimate of drug-likeness (QED) is 0.809. The van der Waals surface area contributed by atoms with Gasteiger partial charge in [0.2, 0.25) is 0 Å². The minimum atomic E-state index is -0.687. The molecule has 0 fully saturated rings. The fourth-order valence-electron chi connectivity index (χ4n) is 2.58. The monoisotopic (exact) mass is 311 g/mol. The van der Waals surface area contributed by atoms with Crippen LogP contribution in [0.4, 0.5) is 4.79 Å². The molecule has 0 N–H and O–H groups in total. The van der Waals surface area contributed by atoms with Crippen molar-refractivity contribution in [2.45, 2.75) is 32.4 Å². The fraction of sp³-hybridized carbons (Fsp3) is 0.294. The van der Waals surface area contributed by atoms with E-state index in [0.29, 0.717) is 11.1 Å². The van der Waals surface area contributed by atoms with Gasteiger partial charge in [-0.05, 0) is 44.5 Å². The van der Waals surface area contributed by atoms with Gasteiger partial charge in [-0.2, -0.15) is 0 Å². The van der Waals surface area contributed by atoms with Crippen molar-refractivity contribution in [2.75, 3.05) is 0 Å². The zero-order valence-corrected chi connectivity index (χ0v) is 13.2. The molecule has 0 radical (unpaired) electrons. The van der Waals surface area contributed by atoms with Crippen molar-refractivity contribution in [3.8, 4) is 0 Å². The van der Waals surface area contributed by atoms with E-state index in [2.05, 4.69) is 9.97 Å². The van der Waals surface area contributed by atoms with E-state index in [9.17, 15) is 9.59 Å². The third-order valence-corrected chi connectivity index (χ3v) is 3.47. The number of carbonyl (C=O) groups excluding carboxylic acids is 2. The van der Waals surface area contributed by atoms with Crippen molar-refractivity contribution in [1.82, 2.24) is 14.9 Å². The number of nitrogens with zero attached hydrogens (tertiary/aromatic N) is 3. The van der Waals surface area contributed by atoms with Gasteiger partial charge in [0.15, 0.2) is 0 Å². The van der Waals surface area contributed by atoms with Gasteiger partial charge in [0, 0.05) is 35.9 Å². The molecular weight excluding hydrogens is 294 g/mol. The van der Waals surface area contributed by atoms with Crippen molar-refractivity contribution in [2.24, 2.45) is 0 Å². The van der Waals surface area contributed by atoms with Crippen molar-refractivity contribution >= 4 is 12.0 Å². The smallest absolute Gasteiger partial charge is 0.418 e. The minimum Gasteiger partial charge on any atom is -0.443 e. The third kappa shape index (κ3) is 2.79. The Labute approximate surface area is 134 Å². The summed E-state index contributed by atoms with van der Waals surface area (Å²) in [4.78, 5) is 34.5. The highest BCUT2D eigenvalue weighted by atomic mass is 16.6. The SMILES string of the molecule is CC(C)(C)OC(=O)N1C(=O)c2ccncc2C1c1ccncc1. The lowest BCUT2D eigenvalue weighted by Crippen LogP contribution is -2.39. The second-order valence-corrected chi connectivity index (χ2v) is 6.30. The summed E-state index contributed by atoms with van der Waals surface area (Å²) in [5.74, 6) is -0.376. The molecule has 1 aliphatic rings. The summed E-state index contributed by atoms with van der Waals surface area (Å²) in [6.45, 7) is 5.30. The van der Waals surface area contributed by atoms with Gasteiger partial charge in [0.05, 0.1) is 6.04 Å². The van der Waals surface area contributed by atoms with Crippen LogP contribution in [0.25, 0.3) is 0 Å². The Balaban J connectivity index is 2.07. The number of hydrogen-bond donors (Lipinski definition) is 0. The van der Waals surface area contributed by atoms with Gasteiger partial charge in [-0.1, -0.05) is 0 Å². The molecule has 2 aromatic heterocycles. The van der Waals surface area contributed by atoms with E-state index in [0.717, 1.165) is 10.5 Å². The zero-order chi connectivity index (χ0) is 16.6. The van der Waals surface area contributed by atoms with Crippen LogP contribution in [0.2, 0.25) is 0 Å². The van der Waals surface area contributed by atoms with Gasteiger partial charge < -0.3 is 4.74 Å².